The van der Waals surface area contributed by atoms with Crippen LogP contribution in [0.3, 0.4) is 0 Å². The average molecular weight is 389 g/mol. The standard InChI is InChI=1S/C21H28N2O3S/c1-15(2)16-10-12-17(13-11-16)27(25,26)22-14-20(24)23-19-9-7-6-8-18(19)21(3,4)5/h6-13,15,22H,14H2,1-5H3,(H,23,24). The van der Waals surface area contributed by atoms with Crippen molar-refractivity contribution in [3.63, 3.8) is 0 Å². The van der Waals surface area contributed by atoms with E-state index in [1.165, 1.54) is 0 Å². The van der Waals surface area contributed by atoms with Crippen molar-refractivity contribution in [3.8, 4) is 0 Å². The summed E-state index contributed by atoms with van der Waals surface area (Å²) in [5.74, 6) is -0.0857. The molecule has 6 heteroatoms. The van der Waals surface area contributed by atoms with Crippen molar-refractivity contribution in [2.45, 2.75) is 50.8 Å². The fourth-order valence-electron chi connectivity index (χ4n) is 2.72. The number of benzene rings is 2. The molecule has 0 aliphatic heterocycles. The molecule has 0 aliphatic rings. The molecule has 2 rings (SSSR count). The Morgan fingerprint density at radius 3 is 2.15 bits per heavy atom. The summed E-state index contributed by atoms with van der Waals surface area (Å²) >= 11 is 0. The van der Waals surface area contributed by atoms with Crippen molar-refractivity contribution in [1.29, 1.82) is 0 Å². The Morgan fingerprint density at radius 2 is 1.59 bits per heavy atom. The number of amides is 1. The maximum Gasteiger partial charge on any atom is 0.241 e. The van der Waals surface area contributed by atoms with Crippen molar-refractivity contribution < 1.29 is 13.2 Å². The molecule has 146 valence electrons. The van der Waals surface area contributed by atoms with Crippen LogP contribution in [-0.4, -0.2) is 20.9 Å². The van der Waals surface area contributed by atoms with Crippen molar-refractivity contribution >= 4 is 21.6 Å². The lowest BCUT2D eigenvalue weighted by molar-refractivity contribution is -0.115. The number of carbonyl (C=O) groups is 1. The Kier molecular flexibility index (Phi) is 6.44. The fraction of sp³-hybridized carbons (Fsp3) is 0.381. The van der Waals surface area contributed by atoms with E-state index in [4.69, 9.17) is 0 Å². The zero-order valence-electron chi connectivity index (χ0n) is 16.5. The summed E-state index contributed by atoms with van der Waals surface area (Å²) in [6.45, 7) is 9.93. The Labute approximate surface area is 162 Å². The first-order chi connectivity index (χ1) is 12.5. The lowest BCUT2D eigenvalue weighted by Gasteiger charge is -2.23. The van der Waals surface area contributed by atoms with Gasteiger partial charge in [0.2, 0.25) is 15.9 Å². The van der Waals surface area contributed by atoms with Gasteiger partial charge in [-0.25, -0.2) is 13.1 Å². The molecule has 5 nitrogen and oxygen atoms in total. The maximum atomic E-state index is 12.4. The Balaban J connectivity index is 2.05. The molecule has 0 heterocycles. The third-order valence-corrected chi connectivity index (χ3v) is 5.71. The first-order valence-corrected chi connectivity index (χ1v) is 10.5. The SMILES string of the molecule is CC(C)c1ccc(S(=O)(=O)NCC(=O)Nc2ccccc2C(C)(C)C)cc1. The normalized spacial score (nSPS) is 12.2. The van der Waals surface area contributed by atoms with E-state index in [-0.39, 0.29) is 16.9 Å². The molecule has 0 bridgehead atoms. The van der Waals surface area contributed by atoms with Gasteiger partial charge < -0.3 is 5.32 Å². The van der Waals surface area contributed by atoms with Gasteiger partial charge in [-0.1, -0.05) is 65.0 Å². The molecular weight excluding hydrogens is 360 g/mol. The summed E-state index contributed by atoms with van der Waals surface area (Å²) in [6.07, 6.45) is 0. The number of para-hydroxylation sites is 1. The predicted molar refractivity (Wildman–Crippen MR) is 109 cm³/mol. The van der Waals surface area contributed by atoms with E-state index in [0.717, 1.165) is 11.1 Å². The van der Waals surface area contributed by atoms with Crippen LogP contribution in [0.5, 0.6) is 0 Å². The van der Waals surface area contributed by atoms with Crippen LogP contribution in [0.1, 0.15) is 51.7 Å². The number of rotatable bonds is 6. The van der Waals surface area contributed by atoms with Crippen molar-refractivity contribution in [2.75, 3.05) is 11.9 Å². The van der Waals surface area contributed by atoms with E-state index < -0.39 is 15.9 Å². The van der Waals surface area contributed by atoms with Gasteiger partial charge in [-0.05, 0) is 40.7 Å². The van der Waals surface area contributed by atoms with Crippen molar-refractivity contribution in [2.24, 2.45) is 0 Å². The van der Waals surface area contributed by atoms with Gasteiger partial charge in [-0.15, -0.1) is 0 Å². The second kappa shape index (κ2) is 8.23. The largest absolute Gasteiger partial charge is 0.325 e. The van der Waals surface area contributed by atoms with Crippen molar-refractivity contribution in [1.82, 2.24) is 4.72 Å². The zero-order valence-corrected chi connectivity index (χ0v) is 17.4. The number of anilines is 1. The van der Waals surface area contributed by atoms with Crippen LogP contribution in [0, 0.1) is 0 Å². The van der Waals surface area contributed by atoms with Crippen molar-refractivity contribution in [3.05, 3.63) is 59.7 Å². The minimum absolute atomic E-state index is 0.137. The van der Waals surface area contributed by atoms with E-state index in [2.05, 4.69) is 30.8 Å². The molecule has 2 aromatic carbocycles. The van der Waals surface area contributed by atoms with Gasteiger partial charge in [0.1, 0.15) is 0 Å². The van der Waals surface area contributed by atoms with E-state index in [9.17, 15) is 13.2 Å². The van der Waals surface area contributed by atoms with Gasteiger partial charge in [-0.2, -0.15) is 0 Å². The summed E-state index contributed by atoms with van der Waals surface area (Å²) in [5.41, 5.74) is 2.60. The number of carbonyl (C=O) groups excluding carboxylic acids is 1. The number of hydrogen-bond acceptors (Lipinski definition) is 3. The van der Waals surface area contributed by atoms with Gasteiger partial charge in [0, 0.05) is 5.69 Å². The molecule has 0 aromatic heterocycles. The topological polar surface area (TPSA) is 75.3 Å². The molecule has 0 unspecified atom stereocenters. The lowest BCUT2D eigenvalue weighted by Crippen LogP contribution is -2.33. The number of nitrogens with one attached hydrogen (secondary N) is 2. The van der Waals surface area contributed by atoms with Gasteiger partial charge in [-0.3, -0.25) is 4.79 Å². The highest BCUT2D eigenvalue weighted by molar-refractivity contribution is 7.89. The predicted octanol–water partition coefficient (Wildman–Crippen LogP) is 4.02. The molecule has 0 atom stereocenters. The second-order valence-electron chi connectivity index (χ2n) is 7.89. The average Bonchev–Trinajstić information content (AvgIpc) is 2.60. The summed E-state index contributed by atoms with van der Waals surface area (Å²) in [5, 5.41) is 2.80. The highest BCUT2D eigenvalue weighted by atomic mass is 32.2. The third-order valence-electron chi connectivity index (χ3n) is 4.29. The van der Waals surface area contributed by atoms with E-state index >= 15 is 0 Å². The van der Waals surface area contributed by atoms with Crippen LogP contribution in [0.25, 0.3) is 0 Å². The zero-order chi connectivity index (χ0) is 20.2. The molecule has 0 aliphatic carbocycles. The quantitative estimate of drug-likeness (QED) is 0.785. The van der Waals surface area contributed by atoms with Crippen LogP contribution < -0.4 is 10.0 Å². The Bertz CT molecular complexity index is 896. The Hall–Kier alpha value is -2.18. The number of sulfonamides is 1. The van der Waals surface area contributed by atoms with Crippen LogP contribution in [-0.2, 0) is 20.2 Å². The van der Waals surface area contributed by atoms with E-state index in [1.807, 2.05) is 38.1 Å². The first kappa shape index (κ1) is 21.1. The first-order valence-electron chi connectivity index (χ1n) is 8.99. The molecule has 0 fully saturated rings. The summed E-state index contributed by atoms with van der Waals surface area (Å²) in [7, 11) is -3.74. The van der Waals surface area contributed by atoms with E-state index in [1.54, 1.807) is 24.3 Å². The monoisotopic (exact) mass is 388 g/mol. The van der Waals surface area contributed by atoms with Gasteiger partial charge >= 0.3 is 0 Å². The smallest absolute Gasteiger partial charge is 0.241 e. The van der Waals surface area contributed by atoms with Crippen LogP contribution in [0.4, 0.5) is 5.69 Å². The fourth-order valence-corrected chi connectivity index (χ4v) is 3.70. The minimum atomic E-state index is -3.74. The summed E-state index contributed by atoms with van der Waals surface area (Å²) in [6, 6.07) is 14.2. The van der Waals surface area contributed by atoms with Crippen LogP contribution in [0.15, 0.2) is 53.4 Å². The van der Waals surface area contributed by atoms with E-state index in [0.29, 0.717) is 11.6 Å². The highest BCUT2D eigenvalue weighted by Crippen LogP contribution is 2.29. The minimum Gasteiger partial charge on any atom is -0.325 e. The molecule has 0 radical (unpaired) electrons. The van der Waals surface area contributed by atoms with Crippen LogP contribution >= 0.6 is 0 Å². The molecule has 0 spiro atoms. The lowest BCUT2D eigenvalue weighted by atomic mass is 9.86. The summed E-state index contributed by atoms with van der Waals surface area (Å²) in [4.78, 5) is 12.4. The molecule has 1 amide bonds. The van der Waals surface area contributed by atoms with Gasteiger partial charge in [0.25, 0.3) is 0 Å². The molecule has 0 saturated carbocycles. The molecule has 2 aromatic rings. The maximum absolute atomic E-state index is 12.4. The summed E-state index contributed by atoms with van der Waals surface area (Å²) < 4.78 is 27.2. The second-order valence-corrected chi connectivity index (χ2v) is 9.66. The highest BCUT2D eigenvalue weighted by Gasteiger charge is 2.20. The molecule has 0 saturated heterocycles. The molecular formula is C21H28N2O3S. The molecule has 2 N–H and O–H groups in total. The number of hydrogen-bond donors (Lipinski definition) is 2. The van der Waals surface area contributed by atoms with Crippen LogP contribution in [0.2, 0.25) is 0 Å². The Morgan fingerprint density at radius 1 is 1.00 bits per heavy atom. The third kappa shape index (κ3) is 5.65. The molecule has 27 heavy (non-hydrogen) atoms. The van der Waals surface area contributed by atoms with Gasteiger partial charge in [0.15, 0.2) is 0 Å². The van der Waals surface area contributed by atoms with Gasteiger partial charge in [0.05, 0.1) is 11.4 Å².